The lowest BCUT2D eigenvalue weighted by Gasteiger charge is -2.51. The highest BCUT2D eigenvalue weighted by Crippen LogP contribution is 2.69. The molecule has 28 heavy (non-hydrogen) atoms. The number of amides is 1. The molecule has 0 aromatic heterocycles. The van der Waals surface area contributed by atoms with Crippen molar-refractivity contribution in [2.45, 2.75) is 35.3 Å². The zero-order chi connectivity index (χ0) is 22.1. The Bertz CT molecular complexity index is 797. The number of hydrogen-bond donors (Lipinski definition) is 1. The van der Waals surface area contributed by atoms with E-state index in [2.05, 4.69) is 0 Å². The van der Waals surface area contributed by atoms with Crippen LogP contribution in [-0.2, 0) is 4.79 Å². The molecular formula is C13H4Cl2F11NO. The Morgan fingerprint density at radius 2 is 1.11 bits per heavy atom. The van der Waals surface area contributed by atoms with Gasteiger partial charge in [0.25, 0.3) is 5.91 Å². The average Bonchev–Trinajstić information content (AvgIpc) is 2.55. The van der Waals surface area contributed by atoms with Crippen LogP contribution in [0.5, 0.6) is 0 Å². The minimum absolute atomic E-state index is 0.364. The van der Waals surface area contributed by atoms with Crippen LogP contribution in [0.3, 0.4) is 0 Å². The largest absolute Gasteiger partial charge is 0.384 e. The fourth-order valence-electron chi connectivity index (χ4n) is 2.31. The highest BCUT2D eigenvalue weighted by atomic mass is 35.5. The number of hydrogen-bond acceptors (Lipinski definition) is 1. The van der Waals surface area contributed by atoms with E-state index in [9.17, 15) is 53.1 Å². The molecule has 1 aromatic rings. The molecule has 0 atom stereocenters. The molecule has 0 heterocycles. The van der Waals surface area contributed by atoms with Gasteiger partial charge in [-0.3, -0.25) is 4.79 Å². The van der Waals surface area contributed by atoms with E-state index in [0.717, 1.165) is 17.4 Å². The summed E-state index contributed by atoms with van der Waals surface area (Å²) < 4.78 is 149. The van der Waals surface area contributed by atoms with Crippen LogP contribution in [0, 0.1) is 0 Å². The van der Waals surface area contributed by atoms with E-state index in [1.807, 2.05) is 0 Å². The van der Waals surface area contributed by atoms with Crippen molar-refractivity contribution in [1.82, 2.24) is 0 Å². The summed E-state index contributed by atoms with van der Waals surface area (Å²) in [7, 11) is 0. The number of alkyl halides is 11. The third kappa shape index (κ3) is 2.37. The normalized spacial score (nSPS) is 25.8. The Labute approximate surface area is 157 Å². The molecule has 0 saturated heterocycles. The maximum atomic E-state index is 14.5. The first kappa shape index (κ1) is 22.8. The smallest absolute Gasteiger partial charge is 0.321 e. The topological polar surface area (TPSA) is 29.1 Å². The Kier molecular flexibility index (Phi) is 4.88. The van der Waals surface area contributed by atoms with Gasteiger partial charge in [-0.15, -0.1) is 0 Å². The van der Waals surface area contributed by atoms with Crippen LogP contribution in [0.1, 0.15) is 0 Å². The summed E-state index contributed by atoms with van der Waals surface area (Å²) in [5.41, 5.74) is -7.83. The second kappa shape index (κ2) is 6.00. The van der Waals surface area contributed by atoms with Gasteiger partial charge in [0, 0.05) is 5.02 Å². The van der Waals surface area contributed by atoms with Crippen molar-refractivity contribution in [1.29, 1.82) is 0 Å². The molecule has 0 bridgehead atoms. The lowest BCUT2D eigenvalue weighted by molar-refractivity contribution is -0.475. The average molecular weight is 470 g/mol. The number of anilines is 1. The Morgan fingerprint density at radius 1 is 0.714 bits per heavy atom. The summed E-state index contributed by atoms with van der Waals surface area (Å²) in [4.78, 5) is 11.7. The zero-order valence-corrected chi connectivity index (χ0v) is 14.1. The van der Waals surface area contributed by atoms with E-state index in [0.29, 0.717) is 6.07 Å². The molecule has 15 heteroatoms. The van der Waals surface area contributed by atoms with Crippen LogP contribution in [0.4, 0.5) is 54.0 Å². The highest BCUT2D eigenvalue weighted by Gasteiger charge is 3.02. The number of nitrogens with one attached hydrogen (secondary N) is 1. The molecule has 2 rings (SSSR count). The SMILES string of the molecule is O=C(Nc1cc(Cl)ccc1Cl)C1(F)C(F)(F)C(F)(F)C(F)(F)C(F)(F)C1(F)F. The summed E-state index contributed by atoms with van der Waals surface area (Å²) in [5.74, 6) is -40.2. The van der Waals surface area contributed by atoms with Gasteiger partial charge in [0.05, 0.1) is 10.7 Å². The van der Waals surface area contributed by atoms with Gasteiger partial charge >= 0.3 is 35.3 Å². The maximum Gasteiger partial charge on any atom is 0.384 e. The number of carbonyl (C=O) groups is 1. The van der Waals surface area contributed by atoms with E-state index in [1.54, 1.807) is 0 Å². The number of benzene rings is 1. The maximum absolute atomic E-state index is 14.5. The number of halogens is 13. The van der Waals surface area contributed by atoms with E-state index >= 15 is 0 Å². The molecule has 1 aliphatic rings. The van der Waals surface area contributed by atoms with Crippen molar-refractivity contribution in [3.63, 3.8) is 0 Å². The molecule has 1 aliphatic carbocycles. The summed E-state index contributed by atoms with van der Waals surface area (Å²) in [6, 6.07) is 2.34. The van der Waals surface area contributed by atoms with Gasteiger partial charge in [-0.05, 0) is 18.2 Å². The van der Waals surface area contributed by atoms with Gasteiger partial charge < -0.3 is 5.32 Å². The van der Waals surface area contributed by atoms with Crippen LogP contribution in [-0.4, -0.2) is 41.2 Å². The molecule has 158 valence electrons. The summed E-state index contributed by atoms with van der Waals surface area (Å²) in [6.45, 7) is 0. The minimum atomic E-state index is -7.41. The van der Waals surface area contributed by atoms with Gasteiger partial charge in [-0.1, -0.05) is 23.2 Å². The number of rotatable bonds is 2. The van der Waals surface area contributed by atoms with Crippen LogP contribution in [0.2, 0.25) is 10.0 Å². The van der Waals surface area contributed by atoms with E-state index < -0.39 is 51.9 Å². The van der Waals surface area contributed by atoms with E-state index in [4.69, 9.17) is 23.2 Å². The molecule has 0 radical (unpaired) electrons. The van der Waals surface area contributed by atoms with E-state index in [-0.39, 0.29) is 5.02 Å². The van der Waals surface area contributed by atoms with Crippen molar-refractivity contribution in [2.24, 2.45) is 0 Å². The predicted molar refractivity (Wildman–Crippen MR) is 73.7 cm³/mol. The van der Waals surface area contributed by atoms with Gasteiger partial charge in [0.1, 0.15) is 0 Å². The second-order valence-corrected chi connectivity index (χ2v) is 6.45. The summed E-state index contributed by atoms with van der Waals surface area (Å²) in [6.07, 6.45) is 0. The first-order valence-corrected chi connectivity index (χ1v) is 7.40. The van der Waals surface area contributed by atoms with Crippen LogP contribution < -0.4 is 5.32 Å². The standard InChI is InChI=1S/C13H4Cl2F11NO/c14-4-1-2-5(15)6(3-4)27-7(28)8(16)9(17,18)11(21,22)13(25,26)12(23,24)10(8,19)20/h1-3H,(H,27,28). The van der Waals surface area contributed by atoms with Crippen molar-refractivity contribution >= 4 is 34.8 Å². The van der Waals surface area contributed by atoms with E-state index in [1.165, 1.54) is 0 Å². The Morgan fingerprint density at radius 3 is 1.54 bits per heavy atom. The Hall–Kier alpha value is -1.50. The first-order valence-electron chi connectivity index (χ1n) is 6.65. The van der Waals surface area contributed by atoms with Gasteiger partial charge in [-0.2, -0.15) is 43.9 Å². The van der Waals surface area contributed by atoms with Crippen molar-refractivity contribution in [3.8, 4) is 0 Å². The molecule has 0 unspecified atom stereocenters. The van der Waals surface area contributed by atoms with Gasteiger partial charge in [0.15, 0.2) is 0 Å². The minimum Gasteiger partial charge on any atom is -0.321 e. The molecule has 1 saturated carbocycles. The highest BCUT2D eigenvalue weighted by molar-refractivity contribution is 6.35. The first-order chi connectivity index (χ1) is 12.3. The zero-order valence-electron chi connectivity index (χ0n) is 12.6. The molecule has 2 nitrogen and oxygen atoms in total. The van der Waals surface area contributed by atoms with Crippen LogP contribution >= 0.6 is 23.2 Å². The second-order valence-electron chi connectivity index (χ2n) is 5.61. The molecule has 1 aromatic carbocycles. The lowest BCUT2D eigenvalue weighted by Crippen LogP contribution is -2.86. The summed E-state index contributed by atoms with van der Waals surface area (Å²) >= 11 is 10.9. The van der Waals surface area contributed by atoms with Gasteiger partial charge in [0.2, 0.25) is 0 Å². The number of carbonyl (C=O) groups excluding carboxylic acids is 1. The third-order valence-corrected chi connectivity index (χ3v) is 4.50. The molecule has 1 amide bonds. The van der Waals surface area contributed by atoms with Crippen molar-refractivity contribution < 1.29 is 53.1 Å². The monoisotopic (exact) mass is 469 g/mol. The fourth-order valence-corrected chi connectivity index (χ4v) is 2.65. The van der Waals surface area contributed by atoms with Crippen molar-refractivity contribution in [3.05, 3.63) is 28.2 Å². The fraction of sp³-hybridized carbons (Fsp3) is 0.462. The van der Waals surface area contributed by atoms with Crippen LogP contribution in [0.25, 0.3) is 0 Å². The summed E-state index contributed by atoms with van der Waals surface area (Å²) in [5, 5.41) is -0.178. The Balaban J connectivity index is 2.71. The quantitative estimate of drug-likeness (QED) is 0.542. The molecule has 0 spiro atoms. The third-order valence-electron chi connectivity index (χ3n) is 3.93. The van der Waals surface area contributed by atoms with Gasteiger partial charge in [-0.25, -0.2) is 4.39 Å². The van der Waals surface area contributed by atoms with Crippen molar-refractivity contribution in [2.75, 3.05) is 5.32 Å². The molecule has 1 fully saturated rings. The predicted octanol–water partition coefficient (Wildman–Crippen LogP) is 5.83. The lowest BCUT2D eigenvalue weighted by atomic mass is 9.71. The molecule has 0 aliphatic heterocycles. The molecule has 1 N–H and O–H groups in total. The van der Waals surface area contributed by atoms with Crippen LogP contribution in [0.15, 0.2) is 18.2 Å². The molecular weight excluding hydrogens is 466 g/mol.